The van der Waals surface area contributed by atoms with Crippen molar-refractivity contribution in [3.8, 4) is 11.4 Å². The molecule has 0 aliphatic heterocycles. The molecule has 0 atom stereocenters. The summed E-state index contributed by atoms with van der Waals surface area (Å²) in [5.41, 5.74) is 8.46. The normalized spacial score (nSPS) is 10.7. The van der Waals surface area contributed by atoms with Gasteiger partial charge in [0.2, 0.25) is 0 Å². The molecule has 0 aliphatic carbocycles. The molecule has 1 amide bonds. The number of amidine groups is 1. The maximum atomic E-state index is 12.1. The first-order chi connectivity index (χ1) is 12.9. The molecule has 0 bridgehead atoms. The number of nitrogens with zero attached hydrogens (tertiary/aromatic N) is 3. The molecule has 3 aromatic rings. The molecule has 27 heavy (non-hydrogen) atoms. The van der Waals surface area contributed by atoms with E-state index in [4.69, 9.17) is 16.2 Å². The topological polar surface area (TPSA) is 147 Å². The summed E-state index contributed by atoms with van der Waals surface area (Å²) in [6, 6.07) is 8.71. The first kappa shape index (κ1) is 18.1. The number of amides is 1. The van der Waals surface area contributed by atoms with Gasteiger partial charge in [-0.3, -0.25) is 15.0 Å². The Kier molecular flexibility index (Phi) is 4.84. The summed E-state index contributed by atoms with van der Waals surface area (Å²) < 4.78 is 1.86. The van der Waals surface area contributed by atoms with Crippen molar-refractivity contribution < 1.29 is 14.7 Å². The third-order valence-electron chi connectivity index (χ3n) is 4.08. The highest BCUT2D eigenvalue weighted by atomic mass is 16.4. The van der Waals surface area contributed by atoms with Crippen molar-refractivity contribution in [2.24, 2.45) is 12.8 Å². The van der Waals surface area contributed by atoms with E-state index in [2.05, 4.69) is 15.3 Å². The number of pyridine rings is 1. The number of carbonyl (C=O) groups excluding carboxylic acids is 1. The Morgan fingerprint density at radius 3 is 2.63 bits per heavy atom. The molecule has 5 N–H and O–H groups in total. The van der Waals surface area contributed by atoms with Gasteiger partial charge in [0.15, 0.2) is 0 Å². The average Bonchev–Trinajstić information content (AvgIpc) is 2.97. The highest BCUT2D eigenvalue weighted by Gasteiger charge is 2.14. The maximum absolute atomic E-state index is 12.1. The minimum absolute atomic E-state index is 0.00527. The zero-order valence-corrected chi connectivity index (χ0v) is 14.6. The Labute approximate surface area is 154 Å². The summed E-state index contributed by atoms with van der Waals surface area (Å²) in [6.45, 7) is 0.0316. The lowest BCUT2D eigenvalue weighted by Gasteiger charge is -2.04. The van der Waals surface area contributed by atoms with Crippen LogP contribution in [-0.2, 0) is 11.8 Å². The predicted octanol–water partition coefficient (Wildman–Crippen LogP) is 1.12. The molecule has 0 fully saturated rings. The summed E-state index contributed by atoms with van der Waals surface area (Å²) >= 11 is 0. The molecule has 0 saturated carbocycles. The van der Waals surface area contributed by atoms with Gasteiger partial charge in [-0.05, 0) is 6.07 Å². The van der Waals surface area contributed by atoms with Crippen molar-refractivity contribution in [2.75, 3.05) is 6.54 Å². The number of imidazole rings is 1. The smallest absolute Gasteiger partial charge is 0.305 e. The van der Waals surface area contributed by atoms with Crippen LogP contribution in [0.15, 0.2) is 36.5 Å². The highest BCUT2D eigenvalue weighted by Crippen LogP contribution is 2.24. The fraction of sp³-hybridized carbons (Fsp3) is 0.167. The van der Waals surface area contributed by atoms with E-state index in [1.807, 2.05) is 23.7 Å². The molecule has 0 spiro atoms. The molecular weight excluding hydrogens is 348 g/mol. The zero-order chi connectivity index (χ0) is 19.6. The summed E-state index contributed by atoms with van der Waals surface area (Å²) in [7, 11) is 1.85. The van der Waals surface area contributed by atoms with E-state index in [0.29, 0.717) is 16.9 Å². The summed E-state index contributed by atoms with van der Waals surface area (Å²) in [4.78, 5) is 31.3. The number of benzene rings is 1. The number of rotatable bonds is 6. The van der Waals surface area contributed by atoms with E-state index in [0.717, 1.165) is 11.1 Å². The van der Waals surface area contributed by atoms with Crippen LogP contribution in [0.5, 0.6) is 0 Å². The third kappa shape index (κ3) is 3.76. The molecular formula is C18H18N6O3. The van der Waals surface area contributed by atoms with Gasteiger partial charge >= 0.3 is 5.97 Å². The van der Waals surface area contributed by atoms with Crippen molar-refractivity contribution in [2.45, 2.75) is 6.42 Å². The third-order valence-corrected chi connectivity index (χ3v) is 4.08. The number of carbonyl (C=O) groups is 2. The van der Waals surface area contributed by atoms with E-state index in [1.165, 1.54) is 0 Å². The first-order valence-corrected chi connectivity index (χ1v) is 8.14. The van der Waals surface area contributed by atoms with Crippen molar-refractivity contribution in [1.29, 1.82) is 5.41 Å². The molecule has 9 nitrogen and oxygen atoms in total. The standard InChI is InChI=1S/C18H18N6O3/c1-24-14-9-22-13(18(27)21-7-6-15(25)26)8-12(14)23-17(24)11-4-2-10(3-5-11)16(19)20/h2-5,8-9H,6-7H2,1H3,(H3,19,20)(H,21,27)(H,25,26). The van der Waals surface area contributed by atoms with Crippen LogP contribution in [-0.4, -0.2) is 43.9 Å². The van der Waals surface area contributed by atoms with Crippen LogP contribution >= 0.6 is 0 Å². The second-order valence-corrected chi connectivity index (χ2v) is 5.94. The number of aryl methyl sites for hydroxylation is 1. The Hall–Kier alpha value is -3.75. The second kappa shape index (κ2) is 7.24. The van der Waals surface area contributed by atoms with Crippen LogP contribution in [0, 0.1) is 5.41 Å². The highest BCUT2D eigenvalue weighted by molar-refractivity contribution is 5.96. The Morgan fingerprint density at radius 1 is 1.30 bits per heavy atom. The van der Waals surface area contributed by atoms with Gasteiger partial charge in [0, 0.05) is 24.7 Å². The number of aromatic nitrogens is 3. The molecule has 0 unspecified atom stereocenters. The van der Waals surface area contributed by atoms with Crippen LogP contribution in [0.2, 0.25) is 0 Å². The number of fused-ring (bicyclic) bond motifs is 1. The molecule has 138 valence electrons. The SMILES string of the molecule is Cn1c(-c2ccc(C(=N)N)cc2)nc2cc(C(=O)NCCC(=O)O)ncc21. The maximum Gasteiger partial charge on any atom is 0.305 e. The fourth-order valence-electron chi connectivity index (χ4n) is 2.64. The van der Waals surface area contributed by atoms with Crippen LogP contribution < -0.4 is 11.1 Å². The largest absolute Gasteiger partial charge is 0.481 e. The number of aliphatic carboxylic acids is 1. The quantitative estimate of drug-likeness (QED) is 0.380. The fourth-order valence-corrected chi connectivity index (χ4v) is 2.64. The lowest BCUT2D eigenvalue weighted by molar-refractivity contribution is -0.136. The monoisotopic (exact) mass is 366 g/mol. The zero-order valence-electron chi connectivity index (χ0n) is 14.6. The Morgan fingerprint density at radius 2 is 2.00 bits per heavy atom. The lowest BCUT2D eigenvalue weighted by Crippen LogP contribution is -2.26. The second-order valence-electron chi connectivity index (χ2n) is 5.94. The minimum atomic E-state index is -0.983. The number of carboxylic acid groups (broad SMARTS) is 1. The molecule has 2 aromatic heterocycles. The van der Waals surface area contributed by atoms with Crippen LogP contribution in [0.3, 0.4) is 0 Å². The van der Waals surface area contributed by atoms with Gasteiger partial charge in [0.25, 0.3) is 5.91 Å². The number of nitrogens with two attached hydrogens (primary N) is 1. The Balaban J connectivity index is 1.89. The average molecular weight is 366 g/mol. The molecule has 0 aliphatic rings. The van der Waals surface area contributed by atoms with Crippen molar-refractivity contribution >= 4 is 28.7 Å². The van der Waals surface area contributed by atoms with Crippen molar-refractivity contribution in [3.05, 3.63) is 47.8 Å². The van der Waals surface area contributed by atoms with Crippen LogP contribution in [0.1, 0.15) is 22.5 Å². The van der Waals surface area contributed by atoms with Crippen LogP contribution in [0.4, 0.5) is 0 Å². The molecule has 2 heterocycles. The molecule has 0 saturated heterocycles. The molecule has 1 aromatic carbocycles. The molecule has 3 rings (SSSR count). The minimum Gasteiger partial charge on any atom is -0.481 e. The van der Waals surface area contributed by atoms with Crippen molar-refractivity contribution in [3.63, 3.8) is 0 Å². The van der Waals surface area contributed by atoms with E-state index < -0.39 is 11.9 Å². The number of nitrogen functional groups attached to an aromatic ring is 1. The van der Waals surface area contributed by atoms with Gasteiger partial charge in [-0.1, -0.05) is 24.3 Å². The summed E-state index contributed by atoms with van der Waals surface area (Å²) in [5.74, 6) is -0.750. The number of nitrogens with one attached hydrogen (secondary N) is 2. The predicted molar refractivity (Wildman–Crippen MR) is 99.5 cm³/mol. The van der Waals surface area contributed by atoms with Gasteiger partial charge in [-0.2, -0.15) is 0 Å². The van der Waals surface area contributed by atoms with Gasteiger partial charge in [0.05, 0.1) is 23.7 Å². The van der Waals surface area contributed by atoms with E-state index in [-0.39, 0.29) is 24.5 Å². The Bertz CT molecular complexity index is 1040. The summed E-state index contributed by atoms with van der Waals surface area (Å²) in [5, 5.41) is 18.6. The van der Waals surface area contributed by atoms with Gasteiger partial charge in [-0.15, -0.1) is 0 Å². The van der Waals surface area contributed by atoms with E-state index >= 15 is 0 Å². The van der Waals surface area contributed by atoms with E-state index in [1.54, 1.807) is 24.4 Å². The van der Waals surface area contributed by atoms with E-state index in [9.17, 15) is 9.59 Å². The number of hydrogen-bond donors (Lipinski definition) is 4. The molecule has 0 radical (unpaired) electrons. The number of carboxylic acids is 1. The van der Waals surface area contributed by atoms with Gasteiger partial charge in [-0.25, -0.2) is 9.97 Å². The molecule has 9 heteroatoms. The summed E-state index contributed by atoms with van der Waals surface area (Å²) in [6.07, 6.45) is 1.40. The van der Waals surface area contributed by atoms with Crippen molar-refractivity contribution in [1.82, 2.24) is 19.9 Å². The van der Waals surface area contributed by atoms with Crippen LogP contribution in [0.25, 0.3) is 22.4 Å². The van der Waals surface area contributed by atoms with Gasteiger partial charge < -0.3 is 20.7 Å². The lowest BCUT2D eigenvalue weighted by atomic mass is 10.1. The van der Waals surface area contributed by atoms with Gasteiger partial charge in [0.1, 0.15) is 17.4 Å². The number of hydrogen-bond acceptors (Lipinski definition) is 5. The first-order valence-electron chi connectivity index (χ1n) is 8.14.